The number of fused-ring (bicyclic) bond motifs is 5. The van der Waals surface area contributed by atoms with Gasteiger partial charge in [0.1, 0.15) is 0 Å². The standard InChI is InChI=1S/C21H37NO/c1-5-22-14-6-11-19(2)16-9-12-20(3)17(10-13-21(20,4)23)15(16)7-8-18(19)22/h15-18,23H,5-14H2,1-4H3/t15-,16+,17-,18+,19+,20-,21-/m1/s1. The summed E-state index contributed by atoms with van der Waals surface area (Å²) in [6.45, 7) is 12.1. The minimum absolute atomic E-state index is 0.177. The Labute approximate surface area is 143 Å². The van der Waals surface area contributed by atoms with Gasteiger partial charge in [-0.25, -0.2) is 0 Å². The van der Waals surface area contributed by atoms with Crippen molar-refractivity contribution >= 4 is 0 Å². The van der Waals surface area contributed by atoms with E-state index < -0.39 is 5.60 Å². The highest BCUT2D eigenvalue weighted by Crippen LogP contribution is 2.66. The minimum atomic E-state index is -0.428. The zero-order valence-electron chi connectivity index (χ0n) is 15.8. The zero-order chi connectivity index (χ0) is 16.5. The molecule has 4 fully saturated rings. The Balaban J connectivity index is 1.65. The van der Waals surface area contributed by atoms with E-state index in [1.807, 2.05) is 0 Å². The van der Waals surface area contributed by atoms with E-state index in [0.717, 1.165) is 30.2 Å². The van der Waals surface area contributed by atoms with Crippen LogP contribution in [0, 0.1) is 28.6 Å². The van der Waals surface area contributed by atoms with E-state index in [0.29, 0.717) is 5.41 Å². The van der Waals surface area contributed by atoms with Crippen LogP contribution in [-0.4, -0.2) is 34.7 Å². The monoisotopic (exact) mass is 319 g/mol. The molecule has 0 bridgehead atoms. The first-order valence-corrected chi connectivity index (χ1v) is 10.3. The first-order valence-electron chi connectivity index (χ1n) is 10.3. The second-order valence-corrected chi connectivity index (χ2v) is 9.98. The molecule has 0 unspecified atom stereocenters. The number of nitrogens with zero attached hydrogens (tertiary/aromatic N) is 1. The van der Waals surface area contributed by atoms with E-state index in [1.165, 1.54) is 58.0 Å². The van der Waals surface area contributed by atoms with Crippen molar-refractivity contribution in [3.63, 3.8) is 0 Å². The molecule has 4 rings (SSSR count). The molecule has 1 heterocycles. The number of rotatable bonds is 1. The van der Waals surface area contributed by atoms with E-state index in [-0.39, 0.29) is 5.41 Å². The molecule has 0 spiro atoms. The molecule has 7 atom stereocenters. The summed E-state index contributed by atoms with van der Waals surface area (Å²) in [5, 5.41) is 11.0. The van der Waals surface area contributed by atoms with Crippen LogP contribution >= 0.6 is 0 Å². The number of piperidine rings is 1. The average molecular weight is 320 g/mol. The Bertz CT molecular complexity index is 474. The minimum Gasteiger partial charge on any atom is -0.390 e. The Hall–Kier alpha value is -0.0800. The third kappa shape index (κ3) is 2.06. The van der Waals surface area contributed by atoms with Crippen LogP contribution in [0.25, 0.3) is 0 Å². The van der Waals surface area contributed by atoms with Crippen LogP contribution in [0.5, 0.6) is 0 Å². The quantitative estimate of drug-likeness (QED) is 0.771. The lowest BCUT2D eigenvalue weighted by atomic mass is 9.46. The van der Waals surface area contributed by atoms with E-state index >= 15 is 0 Å². The van der Waals surface area contributed by atoms with Gasteiger partial charge in [-0.2, -0.15) is 0 Å². The topological polar surface area (TPSA) is 23.5 Å². The van der Waals surface area contributed by atoms with Gasteiger partial charge >= 0.3 is 0 Å². The molecule has 1 saturated heterocycles. The van der Waals surface area contributed by atoms with E-state index in [1.54, 1.807) is 0 Å². The smallest absolute Gasteiger partial charge is 0.0675 e. The molecule has 0 amide bonds. The molecule has 1 N–H and O–H groups in total. The lowest BCUT2D eigenvalue weighted by molar-refractivity contribution is -0.153. The van der Waals surface area contributed by atoms with Crippen molar-refractivity contribution in [2.45, 2.75) is 90.7 Å². The van der Waals surface area contributed by atoms with Crippen molar-refractivity contribution in [2.24, 2.45) is 28.6 Å². The summed E-state index contributed by atoms with van der Waals surface area (Å²) in [7, 11) is 0. The SMILES string of the molecule is CCN1CCC[C@]2(C)[C@@H]1CC[C@H]1[C@H]3CC[C@@](C)(O)[C@]3(C)CC[C@@H]12. The fraction of sp³-hybridized carbons (Fsp3) is 1.00. The number of likely N-dealkylation sites (tertiary alicyclic amines) is 1. The summed E-state index contributed by atoms with van der Waals surface area (Å²) in [5.74, 6) is 2.55. The molecule has 0 aromatic carbocycles. The van der Waals surface area contributed by atoms with Gasteiger partial charge in [0.05, 0.1) is 5.60 Å². The van der Waals surface area contributed by atoms with Crippen LogP contribution in [0.3, 0.4) is 0 Å². The highest BCUT2D eigenvalue weighted by molar-refractivity contribution is 5.13. The molecule has 23 heavy (non-hydrogen) atoms. The third-order valence-corrected chi connectivity index (χ3v) is 9.39. The van der Waals surface area contributed by atoms with Gasteiger partial charge in [-0.15, -0.1) is 0 Å². The fourth-order valence-electron chi connectivity index (χ4n) is 7.83. The Morgan fingerprint density at radius 3 is 2.43 bits per heavy atom. The second kappa shape index (κ2) is 5.21. The van der Waals surface area contributed by atoms with Gasteiger partial charge < -0.3 is 10.0 Å². The maximum atomic E-state index is 11.0. The van der Waals surface area contributed by atoms with Crippen LogP contribution in [0.15, 0.2) is 0 Å². The maximum absolute atomic E-state index is 11.0. The molecule has 2 heteroatoms. The van der Waals surface area contributed by atoms with Crippen molar-refractivity contribution in [1.29, 1.82) is 0 Å². The van der Waals surface area contributed by atoms with Gasteiger partial charge in [-0.3, -0.25) is 0 Å². The summed E-state index contributed by atoms with van der Waals surface area (Å²) in [6.07, 6.45) is 10.6. The summed E-state index contributed by atoms with van der Waals surface area (Å²) < 4.78 is 0. The molecule has 0 radical (unpaired) electrons. The molecule has 1 aliphatic heterocycles. The van der Waals surface area contributed by atoms with Crippen molar-refractivity contribution in [2.75, 3.05) is 13.1 Å². The molecule has 0 aromatic heterocycles. The molecule has 0 aromatic rings. The first kappa shape index (κ1) is 16.4. The summed E-state index contributed by atoms with van der Waals surface area (Å²) in [6, 6.07) is 0.828. The summed E-state index contributed by atoms with van der Waals surface area (Å²) >= 11 is 0. The largest absolute Gasteiger partial charge is 0.390 e. The predicted octanol–water partition coefficient (Wildman–Crippen LogP) is 4.46. The number of aliphatic hydroxyl groups is 1. The Kier molecular flexibility index (Phi) is 3.71. The van der Waals surface area contributed by atoms with Crippen molar-refractivity contribution in [1.82, 2.24) is 4.90 Å². The highest BCUT2D eigenvalue weighted by atomic mass is 16.3. The van der Waals surface area contributed by atoms with Crippen LogP contribution in [0.4, 0.5) is 0 Å². The molecule has 132 valence electrons. The van der Waals surface area contributed by atoms with E-state index in [2.05, 4.69) is 32.6 Å². The summed E-state index contributed by atoms with van der Waals surface area (Å²) in [4.78, 5) is 2.79. The van der Waals surface area contributed by atoms with E-state index in [9.17, 15) is 5.11 Å². The number of hydrogen-bond acceptors (Lipinski definition) is 2. The van der Waals surface area contributed by atoms with Gasteiger partial charge in [0.15, 0.2) is 0 Å². The lowest BCUT2D eigenvalue weighted by Crippen LogP contribution is -2.61. The van der Waals surface area contributed by atoms with Crippen LogP contribution in [-0.2, 0) is 0 Å². The van der Waals surface area contributed by atoms with Gasteiger partial charge in [0.2, 0.25) is 0 Å². The van der Waals surface area contributed by atoms with Crippen molar-refractivity contribution in [3.05, 3.63) is 0 Å². The summed E-state index contributed by atoms with van der Waals surface area (Å²) in [5.41, 5.74) is 0.284. The van der Waals surface area contributed by atoms with Crippen LogP contribution in [0.2, 0.25) is 0 Å². The second-order valence-electron chi connectivity index (χ2n) is 9.98. The van der Waals surface area contributed by atoms with Gasteiger partial charge in [0.25, 0.3) is 0 Å². The van der Waals surface area contributed by atoms with Crippen LogP contribution in [0.1, 0.15) is 79.1 Å². The third-order valence-electron chi connectivity index (χ3n) is 9.39. The fourth-order valence-corrected chi connectivity index (χ4v) is 7.83. The molecule has 4 aliphatic rings. The molecule has 3 aliphatic carbocycles. The molecule has 2 nitrogen and oxygen atoms in total. The molecule has 3 saturated carbocycles. The Morgan fingerprint density at radius 1 is 0.957 bits per heavy atom. The maximum Gasteiger partial charge on any atom is 0.0675 e. The van der Waals surface area contributed by atoms with Crippen LogP contribution < -0.4 is 0 Å². The van der Waals surface area contributed by atoms with Crippen molar-refractivity contribution in [3.8, 4) is 0 Å². The lowest BCUT2D eigenvalue weighted by Gasteiger charge is -2.63. The molecular formula is C21H37NO. The first-order chi connectivity index (χ1) is 10.8. The van der Waals surface area contributed by atoms with Gasteiger partial charge in [0, 0.05) is 6.04 Å². The van der Waals surface area contributed by atoms with Crippen molar-refractivity contribution < 1.29 is 5.11 Å². The average Bonchev–Trinajstić information content (AvgIpc) is 2.76. The molecular weight excluding hydrogens is 282 g/mol. The van der Waals surface area contributed by atoms with Gasteiger partial charge in [-0.1, -0.05) is 20.8 Å². The van der Waals surface area contributed by atoms with E-state index in [4.69, 9.17) is 0 Å². The predicted molar refractivity (Wildman–Crippen MR) is 95.3 cm³/mol. The normalized spacial score (nSPS) is 56.7. The zero-order valence-corrected chi connectivity index (χ0v) is 15.8. The van der Waals surface area contributed by atoms with Gasteiger partial charge in [-0.05, 0) is 100.0 Å². The highest BCUT2D eigenvalue weighted by Gasteiger charge is 2.63. The Morgan fingerprint density at radius 2 is 1.70 bits per heavy atom. The number of hydrogen-bond donors (Lipinski definition) is 1.